The van der Waals surface area contributed by atoms with Crippen LogP contribution in [0, 0.1) is 6.92 Å². The predicted molar refractivity (Wildman–Crippen MR) is 87.4 cm³/mol. The zero-order valence-electron chi connectivity index (χ0n) is 13.1. The Morgan fingerprint density at radius 3 is 2.82 bits per heavy atom. The largest absolute Gasteiger partial charge is 0.550 e. The number of ether oxygens (including phenoxy) is 1. The lowest BCUT2D eigenvalue weighted by molar-refractivity contribution is -0.305. The molecule has 0 amide bonds. The highest BCUT2D eigenvalue weighted by Gasteiger charge is 2.13. The monoisotopic (exact) mass is 318 g/mol. The Morgan fingerprint density at radius 1 is 1.41 bits per heavy atom. The number of carbonyl (C=O) groups excluding carboxylic acids is 1. The van der Waals surface area contributed by atoms with Crippen LogP contribution in [-0.4, -0.2) is 23.8 Å². The normalized spacial score (nSPS) is 10.9. The Bertz CT molecular complexity index is 685. The van der Waals surface area contributed by atoms with E-state index in [0.29, 0.717) is 5.75 Å². The summed E-state index contributed by atoms with van der Waals surface area (Å²) in [4.78, 5) is 16.5. The number of rotatable bonds is 7. The van der Waals surface area contributed by atoms with Crippen LogP contribution in [0.25, 0.3) is 10.9 Å². The zero-order chi connectivity index (χ0) is 16.1. The van der Waals surface area contributed by atoms with Crippen molar-refractivity contribution in [2.75, 3.05) is 12.9 Å². The van der Waals surface area contributed by atoms with Gasteiger partial charge in [0.25, 0.3) is 0 Å². The molecule has 0 atom stereocenters. The Hall–Kier alpha value is -1.75. The molecule has 0 spiro atoms. The van der Waals surface area contributed by atoms with Crippen LogP contribution in [0.1, 0.15) is 31.0 Å². The smallest absolute Gasteiger partial charge is 0.119 e. The third kappa shape index (κ3) is 3.71. The van der Waals surface area contributed by atoms with Gasteiger partial charge in [-0.3, -0.25) is 4.98 Å². The van der Waals surface area contributed by atoms with Gasteiger partial charge in [0.15, 0.2) is 0 Å². The van der Waals surface area contributed by atoms with E-state index >= 15 is 0 Å². The Labute approximate surface area is 134 Å². The Kier molecular flexibility index (Phi) is 5.66. The van der Waals surface area contributed by atoms with Gasteiger partial charge in [-0.2, -0.15) is 0 Å². The maximum Gasteiger partial charge on any atom is 0.119 e. The Balaban J connectivity index is 2.52. The summed E-state index contributed by atoms with van der Waals surface area (Å²) in [6.07, 6.45) is 1.99. The van der Waals surface area contributed by atoms with Gasteiger partial charge in [0.05, 0.1) is 12.6 Å². The lowest BCUT2D eigenvalue weighted by atomic mass is 10.1. The van der Waals surface area contributed by atoms with Gasteiger partial charge in [-0.25, -0.2) is 0 Å². The van der Waals surface area contributed by atoms with Crippen LogP contribution in [0.4, 0.5) is 0 Å². The second-order valence-corrected chi connectivity index (χ2v) is 6.21. The minimum Gasteiger partial charge on any atom is -0.550 e. The van der Waals surface area contributed by atoms with Crippen LogP contribution in [0.5, 0.6) is 5.75 Å². The van der Waals surface area contributed by atoms with Gasteiger partial charge in [0.1, 0.15) is 5.75 Å². The van der Waals surface area contributed by atoms with Crippen molar-refractivity contribution in [3.63, 3.8) is 0 Å². The van der Waals surface area contributed by atoms with E-state index < -0.39 is 5.97 Å². The van der Waals surface area contributed by atoms with Crippen LogP contribution < -0.4 is 9.84 Å². The second-order valence-electron chi connectivity index (χ2n) is 5.11. The summed E-state index contributed by atoms with van der Waals surface area (Å²) in [5.41, 5.74) is 3.12. The first-order valence-corrected chi connectivity index (χ1v) is 8.35. The first kappa shape index (κ1) is 16.6. The molecule has 118 valence electrons. The molecule has 1 heterocycles. The zero-order valence-corrected chi connectivity index (χ0v) is 14.0. The Morgan fingerprint density at radius 2 is 2.18 bits per heavy atom. The van der Waals surface area contributed by atoms with Crippen molar-refractivity contribution in [1.29, 1.82) is 0 Å². The highest BCUT2D eigenvalue weighted by molar-refractivity contribution is 7.99. The first-order chi connectivity index (χ1) is 10.6. The summed E-state index contributed by atoms with van der Waals surface area (Å²) in [7, 11) is 1.64. The van der Waals surface area contributed by atoms with Crippen LogP contribution >= 0.6 is 11.8 Å². The number of carboxylic acid groups (broad SMARTS) is 1. The van der Waals surface area contributed by atoms with Gasteiger partial charge < -0.3 is 14.6 Å². The lowest BCUT2D eigenvalue weighted by Gasteiger charge is -2.15. The first-order valence-electron chi connectivity index (χ1n) is 7.36. The maximum atomic E-state index is 10.7. The van der Waals surface area contributed by atoms with Crippen LogP contribution in [0.2, 0.25) is 0 Å². The molecule has 0 bridgehead atoms. The van der Waals surface area contributed by atoms with Gasteiger partial charge >= 0.3 is 0 Å². The van der Waals surface area contributed by atoms with Crippen molar-refractivity contribution in [1.82, 2.24) is 4.98 Å². The van der Waals surface area contributed by atoms with Crippen LogP contribution in [0.3, 0.4) is 0 Å². The topological polar surface area (TPSA) is 62.2 Å². The fourth-order valence-electron chi connectivity index (χ4n) is 2.44. The fraction of sp³-hybridized carbons (Fsp3) is 0.412. The van der Waals surface area contributed by atoms with Crippen molar-refractivity contribution in [3.8, 4) is 5.75 Å². The number of fused-ring (bicyclic) bond motifs is 1. The van der Waals surface area contributed by atoms with E-state index in [1.807, 2.05) is 25.1 Å². The van der Waals surface area contributed by atoms with E-state index in [4.69, 9.17) is 4.74 Å². The molecule has 22 heavy (non-hydrogen) atoms. The number of carboxylic acids is 1. The number of pyridine rings is 1. The van der Waals surface area contributed by atoms with E-state index in [1.54, 1.807) is 18.9 Å². The molecule has 0 radical (unpaired) electrons. The summed E-state index contributed by atoms with van der Waals surface area (Å²) in [6, 6.07) is 5.81. The van der Waals surface area contributed by atoms with Gasteiger partial charge in [0.2, 0.25) is 0 Å². The van der Waals surface area contributed by atoms with E-state index in [0.717, 1.165) is 40.1 Å². The highest BCUT2D eigenvalue weighted by Crippen LogP contribution is 2.35. The van der Waals surface area contributed by atoms with E-state index in [1.165, 1.54) is 5.56 Å². The number of nitrogens with zero attached hydrogens (tertiary/aromatic N) is 1. The lowest BCUT2D eigenvalue weighted by Crippen LogP contribution is -2.22. The van der Waals surface area contributed by atoms with Crippen molar-refractivity contribution in [2.45, 2.75) is 38.0 Å². The number of methoxy groups -OCH3 is 1. The fourth-order valence-corrected chi connectivity index (χ4v) is 3.66. The molecule has 0 unspecified atom stereocenters. The molecule has 5 heteroatoms. The van der Waals surface area contributed by atoms with Gasteiger partial charge in [-0.05, 0) is 43.5 Å². The summed E-state index contributed by atoms with van der Waals surface area (Å²) in [6.45, 7) is 4.14. The molecule has 0 saturated heterocycles. The minimum atomic E-state index is -1.02. The molecule has 0 saturated carbocycles. The van der Waals surface area contributed by atoms with Crippen LogP contribution in [-0.2, 0) is 11.2 Å². The summed E-state index contributed by atoms with van der Waals surface area (Å²) in [5, 5.41) is 11.7. The van der Waals surface area contributed by atoms with Gasteiger partial charge in [-0.15, -0.1) is 11.8 Å². The summed E-state index contributed by atoms with van der Waals surface area (Å²) < 4.78 is 5.31. The average Bonchev–Trinajstić information content (AvgIpc) is 2.49. The number of hydrogen-bond acceptors (Lipinski definition) is 5. The molecule has 0 aliphatic carbocycles. The number of carbonyl (C=O) groups is 1. The van der Waals surface area contributed by atoms with E-state index in [-0.39, 0.29) is 6.42 Å². The number of thioether (sulfide) groups is 1. The van der Waals surface area contributed by atoms with Crippen molar-refractivity contribution in [3.05, 3.63) is 29.5 Å². The molecule has 4 nitrogen and oxygen atoms in total. The molecule has 0 N–H and O–H groups in total. The van der Waals surface area contributed by atoms with Crippen molar-refractivity contribution >= 4 is 28.6 Å². The van der Waals surface area contributed by atoms with Crippen molar-refractivity contribution < 1.29 is 14.6 Å². The quantitative estimate of drug-likeness (QED) is 0.735. The molecule has 0 aliphatic rings. The maximum absolute atomic E-state index is 10.7. The molecule has 2 rings (SSSR count). The third-order valence-corrected chi connectivity index (χ3v) is 4.66. The van der Waals surface area contributed by atoms with E-state index in [2.05, 4.69) is 11.9 Å². The molecular weight excluding hydrogens is 298 g/mol. The second kappa shape index (κ2) is 7.49. The molecular formula is C17H20NO3S-. The van der Waals surface area contributed by atoms with Gasteiger partial charge in [-0.1, -0.05) is 13.3 Å². The average molecular weight is 318 g/mol. The summed E-state index contributed by atoms with van der Waals surface area (Å²) >= 11 is 1.56. The summed E-state index contributed by atoms with van der Waals surface area (Å²) in [5.74, 6) is 0.258. The predicted octanol–water partition coefficient (Wildman–Crippen LogP) is 2.74. The number of aryl methyl sites for hydroxylation is 1. The highest BCUT2D eigenvalue weighted by atomic mass is 32.2. The minimum absolute atomic E-state index is 0.0447. The molecule has 0 aliphatic heterocycles. The SMILES string of the molecule is CCCc1c(C)nc2ccc(OC)cc2c1SCCC(=O)[O-]. The molecule has 2 aromatic rings. The van der Waals surface area contributed by atoms with Crippen LogP contribution in [0.15, 0.2) is 23.1 Å². The van der Waals surface area contributed by atoms with Crippen molar-refractivity contribution in [2.24, 2.45) is 0 Å². The number of aromatic nitrogens is 1. The molecule has 1 aromatic carbocycles. The van der Waals surface area contributed by atoms with E-state index in [9.17, 15) is 9.90 Å². The number of aliphatic carboxylic acids is 1. The third-order valence-electron chi connectivity index (χ3n) is 3.50. The standard InChI is InChI=1S/C17H21NO3S/c1-4-5-13-11(2)18-15-7-6-12(21-3)10-14(15)17(13)22-9-8-16(19)20/h6-7,10H,4-5,8-9H2,1-3H3,(H,19,20)/p-1. The number of hydrogen-bond donors (Lipinski definition) is 0. The molecule has 1 aromatic heterocycles. The van der Waals surface area contributed by atoms with Gasteiger partial charge in [0, 0.05) is 27.7 Å². The molecule has 0 fully saturated rings. The number of benzene rings is 1.